The van der Waals surface area contributed by atoms with Gasteiger partial charge in [-0.1, -0.05) is 23.8 Å². The molecule has 1 aliphatic rings. The Labute approximate surface area is 87.1 Å². The Balaban J connectivity index is 2.43. The van der Waals surface area contributed by atoms with Gasteiger partial charge in [0.15, 0.2) is 11.5 Å². The number of ether oxygens (including phenoxy) is 2. The van der Waals surface area contributed by atoms with E-state index < -0.39 is 0 Å². The first-order valence-corrected chi connectivity index (χ1v) is 4.65. The predicted molar refractivity (Wildman–Crippen MR) is 55.7 cm³/mol. The van der Waals surface area contributed by atoms with Crippen LogP contribution in [0.4, 0.5) is 0 Å². The van der Waals surface area contributed by atoms with Gasteiger partial charge in [0.1, 0.15) is 0 Å². The van der Waals surface area contributed by atoms with Gasteiger partial charge in [0.05, 0.1) is 0 Å². The molecule has 0 saturated carbocycles. The summed E-state index contributed by atoms with van der Waals surface area (Å²) in [7, 11) is 0. The summed E-state index contributed by atoms with van der Waals surface area (Å²) in [5.74, 6) is 1.42. The SMILES string of the molecule is NC/C=C/c1cc(Cl)cc2c1OCO2. The highest BCUT2D eigenvalue weighted by atomic mass is 35.5. The molecule has 1 aliphatic heterocycles. The molecule has 0 atom stereocenters. The van der Waals surface area contributed by atoms with Crippen LogP contribution in [0, 0.1) is 0 Å². The van der Waals surface area contributed by atoms with E-state index in [-0.39, 0.29) is 6.79 Å². The lowest BCUT2D eigenvalue weighted by atomic mass is 10.1. The zero-order valence-electron chi connectivity index (χ0n) is 7.50. The summed E-state index contributed by atoms with van der Waals surface area (Å²) in [6, 6.07) is 3.56. The van der Waals surface area contributed by atoms with Gasteiger partial charge in [-0.15, -0.1) is 0 Å². The zero-order chi connectivity index (χ0) is 9.97. The number of hydrogen-bond donors (Lipinski definition) is 1. The van der Waals surface area contributed by atoms with Gasteiger partial charge in [0.2, 0.25) is 6.79 Å². The van der Waals surface area contributed by atoms with Crippen molar-refractivity contribution in [2.75, 3.05) is 13.3 Å². The van der Waals surface area contributed by atoms with Crippen LogP contribution in [-0.2, 0) is 0 Å². The number of rotatable bonds is 2. The molecule has 2 N–H and O–H groups in total. The van der Waals surface area contributed by atoms with E-state index in [0.29, 0.717) is 17.3 Å². The summed E-state index contributed by atoms with van der Waals surface area (Å²) in [4.78, 5) is 0. The van der Waals surface area contributed by atoms with Crippen molar-refractivity contribution in [1.29, 1.82) is 0 Å². The molecule has 0 amide bonds. The summed E-state index contributed by atoms with van der Waals surface area (Å²) in [6.07, 6.45) is 3.72. The summed E-state index contributed by atoms with van der Waals surface area (Å²) >= 11 is 5.91. The smallest absolute Gasteiger partial charge is 0.231 e. The minimum absolute atomic E-state index is 0.249. The van der Waals surface area contributed by atoms with Gasteiger partial charge in [0.25, 0.3) is 0 Å². The standard InChI is InChI=1S/C10H10ClNO2/c11-8-4-7(2-1-3-12)10-9(5-8)13-6-14-10/h1-2,4-5H,3,6,12H2/b2-1+. The molecule has 1 aromatic carbocycles. The van der Waals surface area contributed by atoms with Crippen LogP contribution in [0.1, 0.15) is 5.56 Å². The number of fused-ring (bicyclic) bond motifs is 1. The van der Waals surface area contributed by atoms with E-state index >= 15 is 0 Å². The highest BCUT2D eigenvalue weighted by Crippen LogP contribution is 2.38. The van der Waals surface area contributed by atoms with Crippen LogP contribution < -0.4 is 15.2 Å². The molecule has 3 nitrogen and oxygen atoms in total. The van der Waals surface area contributed by atoms with Crippen LogP contribution >= 0.6 is 11.6 Å². The minimum atomic E-state index is 0.249. The first-order valence-electron chi connectivity index (χ1n) is 4.27. The quantitative estimate of drug-likeness (QED) is 0.814. The molecular weight excluding hydrogens is 202 g/mol. The van der Waals surface area contributed by atoms with Gasteiger partial charge in [-0.25, -0.2) is 0 Å². The van der Waals surface area contributed by atoms with E-state index in [1.165, 1.54) is 0 Å². The Hall–Kier alpha value is -1.19. The second kappa shape index (κ2) is 3.90. The van der Waals surface area contributed by atoms with Gasteiger partial charge >= 0.3 is 0 Å². The molecule has 0 spiro atoms. The molecule has 0 radical (unpaired) electrons. The highest BCUT2D eigenvalue weighted by Gasteiger charge is 2.17. The lowest BCUT2D eigenvalue weighted by Gasteiger charge is -2.01. The Bertz CT molecular complexity index is 377. The third kappa shape index (κ3) is 1.69. The van der Waals surface area contributed by atoms with Crippen molar-refractivity contribution in [3.63, 3.8) is 0 Å². The van der Waals surface area contributed by atoms with Crippen molar-refractivity contribution in [3.8, 4) is 11.5 Å². The Kier molecular flexibility index (Phi) is 2.61. The molecule has 74 valence electrons. The maximum atomic E-state index is 5.91. The number of nitrogens with two attached hydrogens (primary N) is 1. The molecule has 0 aromatic heterocycles. The van der Waals surface area contributed by atoms with Gasteiger partial charge in [-0.3, -0.25) is 0 Å². The van der Waals surface area contributed by atoms with Gasteiger partial charge < -0.3 is 15.2 Å². The molecule has 0 unspecified atom stereocenters. The minimum Gasteiger partial charge on any atom is -0.454 e. The monoisotopic (exact) mass is 211 g/mol. The normalized spacial score (nSPS) is 13.9. The van der Waals surface area contributed by atoms with Gasteiger partial charge in [-0.05, 0) is 6.07 Å². The van der Waals surface area contributed by atoms with Crippen LogP contribution in [-0.4, -0.2) is 13.3 Å². The summed E-state index contributed by atoms with van der Waals surface area (Å²) in [5.41, 5.74) is 6.27. The van der Waals surface area contributed by atoms with Crippen molar-refractivity contribution in [1.82, 2.24) is 0 Å². The van der Waals surface area contributed by atoms with Crippen molar-refractivity contribution < 1.29 is 9.47 Å². The number of halogens is 1. The summed E-state index contributed by atoms with van der Waals surface area (Å²) < 4.78 is 10.5. The largest absolute Gasteiger partial charge is 0.454 e. The lowest BCUT2D eigenvalue weighted by molar-refractivity contribution is 0.174. The predicted octanol–water partition coefficient (Wildman–Crippen LogP) is 2.04. The fourth-order valence-electron chi connectivity index (χ4n) is 1.32. The van der Waals surface area contributed by atoms with E-state index in [4.69, 9.17) is 26.8 Å². The van der Waals surface area contributed by atoms with E-state index in [1.807, 2.05) is 18.2 Å². The van der Waals surface area contributed by atoms with E-state index in [1.54, 1.807) is 6.07 Å². The highest BCUT2D eigenvalue weighted by molar-refractivity contribution is 6.31. The first-order chi connectivity index (χ1) is 6.81. The number of benzene rings is 1. The summed E-state index contributed by atoms with van der Waals surface area (Å²) in [5, 5.41) is 0.630. The van der Waals surface area contributed by atoms with Crippen LogP contribution in [0.25, 0.3) is 6.08 Å². The maximum absolute atomic E-state index is 5.91. The van der Waals surface area contributed by atoms with Gasteiger partial charge in [0, 0.05) is 23.2 Å². The second-order valence-electron chi connectivity index (χ2n) is 2.87. The molecule has 2 rings (SSSR count). The molecule has 4 heteroatoms. The molecule has 0 fully saturated rings. The van der Waals surface area contributed by atoms with Crippen molar-refractivity contribution in [2.45, 2.75) is 0 Å². The summed E-state index contributed by atoms with van der Waals surface area (Å²) in [6.45, 7) is 0.737. The zero-order valence-corrected chi connectivity index (χ0v) is 8.25. The lowest BCUT2D eigenvalue weighted by Crippen LogP contribution is -1.94. The van der Waals surface area contributed by atoms with E-state index in [2.05, 4.69) is 0 Å². The molecule has 0 aliphatic carbocycles. The number of hydrogen-bond acceptors (Lipinski definition) is 3. The van der Waals surface area contributed by atoms with Crippen molar-refractivity contribution >= 4 is 17.7 Å². The Morgan fingerprint density at radius 1 is 1.43 bits per heavy atom. The van der Waals surface area contributed by atoms with Crippen LogP contribution in [0.3, 0.4) is 0 Å². The Morgan fingerprint density at radius 3 is 3.07 bits per heavy atom. The van der Waals surface area contributed by atoms with Crippen LogP contribution in [0.5, 0.6) is 11.5 Å². The maximum Gasteiger partial charge on any atom is 0.231 e. The third-order valence-electron chi connectivity index (χ3n) is 1.90. The van der Waals surface area contributed by atoms with Crippen molar-refractivity contribution in [3.05, 3.63) is 28.8 Å². The first kappa shape index (κ1) is 9.37. The molecule has 0 saturated heterocycles. The van der Waals surface area contributed by atoms with Crippen molar-refractivity contribution in [2.24, 2.45) is 5.73 Å². The molecular formula is C10H10ClNO2. The average molecular weight is 212 g/mol. The van der Waals surface area contributed by atoms with E-state index in [0.717, 1.165) is 11.3 Å². The average Bonchev–Trinajstić information content (AvgIpc) is 2.61. The fourth-order valence-corrected chi connectivity index (χ4v) is 1.54. The van der Waals surface area contributed by atoms with Crippen LogP contribution in [0.2, 0.25) is 5.02 Å². The fraction of sp³-hybridized carbons (Fsp3) is 0.200. The van der Waals surface area contributed by atoms with Crippen LogP contribution in [0.15, 0.2) is 18.2 Å². The molecule has 0 bridgehead atoms. The molecule has 14 heavy (non-hydrogen) atoms. The van der Waals surface area contributed by atoms with Gasteiger partial charge in [-0.2, -0.15) is 0 Å². The third-order valence-corrected chi connectivity index (χ3v) is 2.12. The topological polar surface area (TPSA) is 44.5 Å². The molecule has 1 aromatic rings. The molecule has 1 heterocycles. The Morgan fingerprint density at radius 2 is 2.29 bits per heavy atom. The second-order valence-corrected chi connectivity index (χ2v) is 3.30. The van der Waals surface area contributed by atoms with E-state index in [9.17, 15) is 0 Å².